The summed E-state index contributed by atoms with van der Waals surface area (Å²) in [6.07, 6.45) is 2.62. The van der Waals surface area contributed by atoms with Crippen molar-refractivity contribution in [2.75, 3.05) is 6.54 Å². The summed E-state index contributed by atoms with van der Waals surface area (Å²) in [5, 5.41) is 2.09. The van der Waals surface area contributed by atoms with Gasteiger partial charge in [-0.1, -0.05) is 48.5 Å². The van der Waals surface area contributed by atoms with E-state index >= 15 is 0 Å². The van der Waals surface area contributed by atoms with Crippen molar-refractivity contribution in [2.45, 2.75) is 13.0 Å². The van der Waals surface area contributed by atoms with Crippen LogP contribution >= 0.6 is 0 Å². The van der Waals surface area contributed by atoms with E-state index in [0.717, 1.165) is 28.6 Å². The van der Waals surface area contributed by atoms with E-state index in [2.05, 4.69) is 38.1 Å². The van der Waals surface area contributed by atoms with Gasteiger partial charge in [0, 0.05) is 40.3 Å². The van der Waals surface area contributed by atoms with E-state index in [9.17, 15) is 4.79 Å². The molecule has 0 fully saturated rings. The average Bonchev–Trinajstić information content (AvgIpc) is 3.39. The maximum absolute atomic E-state index is 13.2. The molecule has 0 saturated heterocycles. The lowest BCUT2D eigenvalue weighted by atomic mass is 10.0. The predicted octanol–water partition coefficient (Wildman–Crippen LogP) is 4.30. The number of aromatic amines is 2. The fraction of sp³-hybridized carbons (Fsp3) is 0.125. The fourth-order valence-electron chi connectivity index (χ4n) is 4.29. The van der Waals surface area contributed by atoms with Crippen LogP contribution in [0.3, 0.4) is 0 Å². The highest BCUT2D eigenvalue weighted by Gasteiger charge is 2.25. The highest BCUT2D eigenvalue weighted by Crippen LogP contribution is 2.28. The van der Waals surface area contributed by atoms with Crippen molar-refractivity contribution in [1.29, 1.82) is 0 Å². The van der Waals surface area contributed by atoms with E-state index in [1.54, 1.807) is 6.20 Å². The second kappa shape index (κ2) is 6.56. The Labute approximate surface area is 172 Å². The highest BCUT2D eigenvalue weighted by molar-refractivity contribution is 5.97. The van der Waals surface area contributed by atoms with Gasteiger partial charge in [-0.05, 0) is 24.1 Å². The van der Waals surface area contributed by atoms with Crippen molar-refractivity contribution in [3.05, 3.63) is 83.8 Å². The van der Waals surface area contributed by atoms with Gasteiger partial charge in [0.1, 0.15) is 11.3 Å². The summed E-state index contributed by atoms with van der Waals surface area (Å²) in [5.41, 5.74) is 5.75. The lowest BCUT2D eigenvalue weighted by molar-refractivity contribution is 0.0728. The third kappa shape index (κ3) is 2.69. The van der Waals surface area contributed by atoms with Crippen LogP contribution in [0.1, 0.15) is 21.7 Å². The van der Waals surface area contributed by atoms with Crippen LogP contribution in [0.25, 0.3) is 33.3 Å². The van der Waals surface area contributed by atoms with Gasteiger partial charge in [-0.2, -0.15) is 0 Å². The zero-order chi connectivity index (χ0) is 20.1. The maximum atomic E-state index is 13.2. The van der Waals surface area contributed by atoms with Gasteiger partial charge in [0.05, 0.1) is 6.54 Å². The first-order valence-electron chi connectivity index (χ1n) is 10.1. The molecule has 6 rings (SSSR count). The molecule has 1 amide bonds. The number of rotatable bonds is 2. The van der Waals surface area contributed by atoms with Crippen LogP contribution in [0.4, 0.5) is 0 Å². The molecule has 4 heterocycles. The first-order chi connectivity index (χ1) is 14.8. The first kappa shape index (κ1) is 17.0. The minimum absolute atomic E-state index is 0.0152. The standard InChI is InChI=1S/C24H19N5O/c30-24(29-11-10-18-17-8-4-5-9-19(17)26-21(18)14-29)20-12-16-13-25-22(28-23(16)27-20)15-6-2-1-3-7-15/h1-9,12-13,26H,10-11,14H2,(H,25,27,28). The molecular weight excluding hydrogens is 374 g/mol. The Hall–Kier alpha value is -3.93. The molecule has 2 aromatic carbocycles. The third-order valence-electron chi connectivity index (χ3n) is 5.80. The Kier molecular flexibility index (Phi) is 3.71. The van der Waals surface area contributed by atoms with Gasteiger partial charge in [-0.3, -0.25) is 4.79 Å². The lowest BCUT2D eigenvalue weighted by Gasteiger charge is -2.26. The van der Waals surface area contributed by atoms with Crippen molar-refractivity contribution in [1.82, 2.24) is 24.8 Å². The minimum atomic E-state index is -0.0152. The molecule has 2 N–H and O–H groups in total. The van der Waals surface area contributed by atoms with E-state index in [1.165, 1.54) is 10.9 Å². The van der Waals surface area contributed by atoms with Crippen molar-refractivity contribution >= 4 is 27.8 Å². The lowest BCUT2D eigenvalue weighted by Crippen LogP contribution is -2.36. The van der Waals surface area contributed by atoms with Crippen LogP contribution in [0.15, 0.2) is 66.9 Å². The molecule has 0 unspecified atom stereocenters. The molecule has 3 aromatic heterocycles. The zero-order valence-corrected chi connectivity index (χ0v) is 16.2. The summed E-state index contributed by atoms with van der Waals surface area (Å²) in [6.45, 7) is 1.28. The smallest absolute Gasteiger partial charge is 0.270 e. The van der Waals surface area contributed by atoms with E-state index in [4.69, 9.17) is 0 Å². The number of aromatic nitrogens is 4. The normalized spacial score (nSPS) is 13.7. The van der Waals surface area contributed by atoms with Crippen molar-refractivity contribution in [3.8, 4) is 11.4 Å². The number of carbonyl (C=O) groups is 1. The third-order valence-corrected chi connectivity index (χ3v) is 5.80. The van der Waals surface area contributed by atoms with Crippen LogP contribution in [0.2, 0.25) is 0 Å². The minimum Gasteiger partial charge on any atom is -0.357 e. The summed E-state index contributed by atoms with van der Waals surface area (Å²) >= 11 is 0. The number of H-pyrrole nitrogens is 2. The number of nitrogens with zero attached hydrogens (tertiary/aromatic N) is 3. The van der Waals surface area contributed by atoms with Gasteiger partial charge in [-0.25, -0.2) is 9.97 Å². The van der Waals surface area contributed by atoms with Crippen LogP contribution in [-0.4, -0.2) is 37.3 Å². The number of benzene rings is 2. The predicted molar refractivity (Wildman–Crippen MR) is 116 cm³/mol. The van der Waals surface area contributed by atoms with E-state index in [0.29, 0.717) is 30.3 Å². The second-order valence-electron chi connectivity index (χ2n) is 7.65. The van der Waals surface area contributed by atoms with Crippen molar-refractivity contribution < 1.29 is 4.79 Å². The molecule has 146 valence electrons. The Morgan fingerprint density at radius 3 is 2.73 bits per heavy atom. The van der Waals surface area contributed by atoms with Crippen molar-refractivity contribution in [3.63, 3.8) is 0 Å². The topological polar surface area (TPSA) is 77.7 Å². The summed E-state index contributed by atoms with van der Waals surface area (Å²) in [6, 6.07) is 20.0. The summed E-state index contributed by atoms with van der Waals surface area (Å²) in [7, 11) is 0. The molecule has 0 radical (unpaired) electrons. The number of nitrogens with one attached hydrogen (secondary N) is 2. The molecular formula is C24H19N5O. The van der Waals surface area contributed by atoms with E-state index in [1.807, 2.05) is 47.4 Å². The second-order valence-corrected chi connectivity index (χ2v) is 7.65. The average molecular weight is 393 g/mol. The van der Waals surface area contributed by atoms with Crippen LogP contribution in [0.5, 0.6) is 0 Å². The molecule has 5 aromatic rings. The molecule has 1 aliphatic heterocycles. The Morgan fingerprint density at radius 1 is 1.00 bits per heavy atom. The van der Waals surface area contributed by atoms with Gasteiger partial charge < -0.3 is 14.9 Å². The Morgan fingerprint density at radius 2 is 1.83 bits per heavy atom. The number of para-hydroxylation sites is 1. The molecule has 0 aliphatic carbocycles. The van der Waals surface area contributed by atoms with Crippen molar-refractivity contribution in [2.24, 2.45) is 0 Å². The Bertz CT molecular complexity index is 1400. The number of hydrogen-bond acceptors (Lipinski definition) is 3. The maximum Gasteiger partial charge on any atom is 0.270 e. The largest absolute Gasteiger partial charge is 0.357 e. The number of carbonyl (C=O) groups excluding carboxylic acids is 1. The molecule has 6 nitrogen and oxygen atoms in total. The molecule has 6 heteroatoms. The van der Waals surface area contributed by atoms with E-state index < -0.39 is 0 Å². The van der Waals surface area contributed by atoms with Crippen LogP contribution in [-0.2, 0) is 13.0 Å². The molecule has 0 spiro atoms. The van der Waals surface area contributed by atoms with Gasteiger partial charge in [-0.15, -0.1) is 0 Å². The SMILES string of the molecule is O=C(c1cc2cnc(-c3ccccc3)nc2[nH]1)N1CCc2c([nH]c3ccccc23)C1. The summed E-state index contributed by atoms with van der Waals surface area (Å²) in [4.78, 5) is 30.8. The van der Waals surface area contributed by atoms with E-state index in [-0.39, 0.29) is 5.91 Å². The number of hydrogen-bond donors (Lipinski definition) is 2. The molecule has 1 aliphatic rings. The number of amides is 1. The first-order valence-corrected chi connectivity index (χ1v) is 10.1. The highest BCUT2D eigenvalue weighted by atomic mass is 16.2. The van der Waals surface area contributed by atoms with Gasteiger partial charge in [0.15, 0.2) is 5.82 Å². The van der Waals surface area contributed by atoms with Crippen LogP contribution < -0.4 is 0 Å². The van der Waals surface area contributed by atoms with Gasteiger partial charge in [0.25, 0.3) is 5.91 Å². The molecule has 0 saturated carbocycles. The fourth-order valence-corrected chi connectivity index (χ4v) is 4.29. The zero-order valence-electron chi connectivity index (χ0n) is 16.2. The Balaban J connectivity index is 1.30. The molecule has 0 bridgehead atoms. The molecule has 0 atom stereocenters. The molecule has 30 heavy (non-hydrogen) atoms. The summed E-state index contributed by atoms with van der Waals surface area (Å²) in [5.74, 6) is 0.628. The number of fused-ring (bicyclic) bond motifs is 4. The summed E-state index contributed by atoms with van der Waals surface area (Å²) < 4.78 is 0. The quantitative estimate of drug-likeness (QED) is 0.469. The van der Waals surface area contributed by atoms with Gasteiger partial charge >= 0.3 is 0 Å². The monoisotopic (exact) mass is 393 g/mol. The van der Waals surface area contributed by atoms with Crippen LogP contribution in [0, 0.1) is 0 Å². The van der Waals surface area contributed by atoms with Gasteiger partial charge in [0.2, 0.25) is 0 Å².